The molecule has 0 aliphatic carbocycles. The van der Waals surface area contributed by atoms with E-state index in [4.69, 9.17) is 21.7 Å². The molecule has 1 amide bonds. The minimum atomic E-state index is -1.40. The Kier molecular flexibility index (Phi) is 8.24. The number of carbonyl (C=O) groups is 1. The topological polar surface area (TPSA) is 131 Å². The Labute approximate surface area is 197 Å². The van der Waals surface area contributed by atoms with Gasteiger partial charge in [-0.05, 0) is 44.1 Å². The molecule has 182 valence electrons. The molecule has 2 aromatic rings. The van der Waals surface area contributed by atoms with Gasteiger partial charge in [-0.25, -0.2) is 4.68 Å². The lowest BCUT2D eigenvalue weighted by molar-refractivity contribution is -0.219. The highest BCUT2D eigenvalue weighted by Gasteiger charge is 2.46. The normalized spacial score (nSPS) is 26.1. The van der Waals surface area contributed by atoms with Gasteiger partial charge in [0.1, 0.15) is 36.7 Å². The fraction of sp³-hybridized carbons (Fsp3) is 0.591. The first kappa shape index (κ1) is 25.3. The SMILES string of the molecule is CCC(C)n1c(COc2ccccc2C)nn([C@@H]2O[C@H](CO)[C@@H](O)[C@H](O)[C@H]2NC(C)=O)c1=S. The molecule has 6 atom stereocenters. The number of hydrogen-bond donors (Lipinski definition) is 4. The number of rotatable bonds is 8. The smallest absolute Gasteiger partial charge is 0.217 e. The molecule has 0 saturated carbocycles. The summed E-state index contributed by atoms with van der Waals surface area (Å²) < 4.78 is 15.4. The summed E-state index contributed by atoms with van der Waals surface area (Å²) in [6.07, 6.45) is -4.12. The van der Waals surface area contributed by atoms with Gasteiger partial charge in [0.15, 0.2) is 12.1 Å². The Morgan fingerprint density at radius 2 is 2.03 bits per heavy atom. The number of ether oxygens (including phenoxy) is 2. The van der Waals surface area contributed by atoms with E-state index in [2.05, 4.69) is 10.4 Å². The molecule has 0 radical (unpaired) electrons. The first-order valence-electron chi connectivity index (χ1n) is 11.0. The van der Waals surface area contributed by atoms with Crippen molar-refractivity contribution >= 4 is 18.1 Å². The summed E-state index contributed by atoms with van der Waals surface area (Å²) >= 11 is 5.71. The number of aliphatic hydroxyl groups is 3. The Bertz CT molecular complexity index is 1020. The molecule has 4 N–H and O–H groups in total. The molecule has 10 nitrogen and oxygen atoms in total. The van der Waals surface area contributed by atoms with Crippen LogP contribution in [0.1, 0.15) is 50.8 Å². The quantitative estimate of drug-likeness (QED) is 0.417. The largest absolute Gasteiger partial charge is 0.485 e. The van der Waals surface area contributed by atoms with E-state index in [-0.39, 0.29) is 12.6 Å². The second kappa shape index (κ2) is 10.7. The highest BCUT2D eigenvalue weighted by atomic mass is 32.1. The Balaban J connectivity index is 2.02. The molecular weight excluding hydrogens is 448 g/mol. The maximum absolute atomic E-state index is 11.8. The highest BCUT2D eigenvalue weighted by Crippen LogP contribution is 2.30. The van der Waals surface area contributed by atoms with Gasteiger partial charge >= 0.3 is 0 Å². The number of nitrogens with zero attached hydrogens (tertiary/aromatic N) is 3. The summed E-state index contributed by atoms with van der Waals surface area (Å²) in [6, 6.07) is 6.60. The molecule has 1 aliphatic rings. The van der Waals surface area contributed by atoms with Crippen LogP contribution in [0.25, 0.3) is 0 Å². The van der Waals surface area contributed by atoms with Gasteiger partial charge in [-0.3, -0.25) is 9.36 Å². The maximum Gasteiger partial charge on any atom is 0.217 e. The van der Waals surface area contributed by atoms with Gasteiger partial charge < -0.3 is 30.1 Å². The van der Waals surface area contributed by atoms with Gasteiger partial charge in [-0.2, -0.15) is 5.10 Å². The molecule has 0 bridgehead atoms. The van der Waals surface area contributed by atoms with Crippen LogP contribution in [0.15, 0.2) is 24.3 Å². The van der Waals surface area contributed by atoms with E-state index in [9.17, 15) is 20.1 Å². The van der Waals surface area contributed by atoms with Gasteiger partial charge in [-0.15, -0.1) is 0 Å². The fourth-order valence-corrected chi connectivity index (χ4v) is 4.31. The van der Waals surface area contributed by atoms with Crippen LogP contribution in [0.4, 0.5) is 0 Å². The van der Waals surface area contributed by atoms with Crippen LogP contribution in [0.3, 0.4) is 0 Å². The van der Waals surface area contributed by atoms with Crippen LogP contribution in [0.2, 0.25) is 0 Å². The third-order valence-corrected chi connectivity index (χ3v) is 6.28. The van der Waals surface area contributed by atoms with Crippen molar-refractivity contribution in [3.63, 3.8) is 0 Å². The summed E-state index contributed by atoms with van der Waals surface area (Å²) in [5, 5.41) is 37.9. The molecule has 0 spiro atoms. The van der Waals surface area contributed by atoms with Crippen LogP contribution >= 0.6 is 12.2 Å². The van der Waals surface area contributed by atoms with Crippen LogP contribution < -0.4 is 10.1 Å². The van der Waals surface area contributed by atoms with Gasteiger partial charge in [0.2, 0.25) is 10.7 Å². The van der Waals surface area contributed by atoms with E-state index in [1.54, 1.807) is 0 Å². The Morgan fingerprint density at radius 1 is 1.33 bits per heavy atom. The third kappa shape index (κ3) is 5.28. The first-order chi connectivity index (χ1) is 15.7. The molecule has 1 aromatic heterocycles. The van der Waals surface area contributed by atoms with E-state index in [0.717, 1.165) is 17.7 Å². The third-order valence-electron chi connectivity index (χ3n) is 5.90. The van der Waals surface area contributed by atoms with Crippen LogP contribution in [-0.4, -0.2) is 66.5 Å². The van der Waals surface area contributed by atoms with Crippen LogP contribution in [-0.2, 0) is 16.1 Å². The first-order valence-corrected chi connectivity index (χ1v) is 11.4. The Morgan fingerprint density at radius 3 is 2.64 bits per heavy atom. The number of aromatic nitrogens is 3. The minimum Gasteiger partial charge on any atom is -0.485 e. The predicted octanol–water partition coefficient (Wildman–Crippen LogP) is 1.39. The van der Waals surface area contributed by atoms with Crippen molar-refractivity contribution in [2.75, 3.05) is 6.61 Å². The molecule has 11 heteroatoms. The van der Waals surface area contributed by atoms with E-state index in [1.807, 2.05) is 49.6 Å². The van der Waals surface area contributed by atoms with E-state index < -0.39 is 43.1 Å². The molecule has 1 fully saturated rings. The molecule has 1 aliphatic heterocycles. The number of aliphatic hydroxyl groups excluding tert-OH is 3. The molecular formula is C22H32N4O6S. The number of amides is 1. The molecule has 33 heavy (non-hydrogen) atoms. The highest BCUT2D eigenvalue weighted by molar-refractivity contribution is 7.71. The minimum absolute atomic E-state index is 0.00585. The summed E-state index contributed by atoms with van der Waals surface area (Å²) in [5.41, 5.74) is 0.981. The summed E-state index contributed by atoms with van der Waals surface area (Å²) in [7, 11) is 0. The maximum atomic E-state index is 11.8. The van der Waals surface area contributed by atoms with Gasteiger partial charge in [0.25, 0.3) is 0 Å². The van der Waals surface area contributed by atoms with Gasteiger partial charge in [0.05, 0.1) is 6.61 Å². The lowest BCUT2D eigenvalue weighted by Gasteiger charge is -2.42. The zero-order valence-electron chi connectivity index (χ0n) is 19.2. The van der Waals surface area contributed by atoms with E-state index >= 15 is 0 Å². The zero-order chi connectivity index (χ0) is 24.3. The molecule has 3 rings (SSSR count). The number of carbonyl (C=O) groups excluding carboxylic acids is 1. The molecule has 2 heterocycles. The van der Waals surface area contributed by atoms with E-state index in [0.29, 0.717) is 10.6 Å². The lowest BCUT2D eigenvalue weighted by Crippen LogP contribution is -2.62. The molecule has 1 saturated heterocycles. The molecule has 1 aromatic carbocycles. The second-order valence-electron chi connectivity index (χ2n) is 8.28. The van der Waals surface area contributed by atoms with Gasteiger partial charge in [0, 0.05) is 13.0 Å². The number of hydrogen-bond acceptors (Lipinski definition) is 8. The fourth-order valence-electron chi connectivity index (χ4n) is 3.88. The predicted molar refractivity (Wildman–Crippen MR) is 122 cm³/mol. The average Bonchev–Trinajstić information content (AvgIpc) is 3.11. The number of nitrogens with one attached hydrogen (secondary N) is 1. The summed E-state index contributed by atoms with van der Waals surface area (Å²) in [6.45, 7) is 6.88. The zero-order valence-corrected chi connectivity index (χ0v) is 20.0. The van der Waals surface area contributed by atoms with Crippen molar-refractivity contribution in [2.24, 2.45) is 0 Å². The second-order valence-corrected chi connectivity index (χ2v) is 8.65. The number of aryl methyl sites for hydroxylation is 1. The van der Waals surface area contributed by atoms with Crippen LogP contribution in [0.5, 0.6) is 5.75 Å². The number of benzene rings is 1. The van der Waals surface area contributed by atoms with Gasteiger partial charge in [-0.1, -0.05) is 25.1 Å². The monoisotopic (exact) mass is 480 g/mol. The average molecular weight is 481 g/mol. The van der Waals surface area contributed by atoms with Crippen molar-refractivity contribution in [1.29, 1.82) is 0 Å². The summed E-state index contributed by atoms with van der Waals surface area (Å²) in [5.74, 6) is 0.847. The van der Waals surface area contributed by atoms with Crippen LogP contribution in [0, 0.1) is 11.7 Å². The summed E-state index contributed by atoms with van der Waals surface area (Å²) in [4.78, 5) is 11.8. The molecule has 1 unspecified atom stereocenters. The van der Waals surface area contributed by atoms with Crippen molar-refractivity contribution in [1.82, 2.24) is 19.7 Å². The van der Waals surface area contributed by atoms with Crippen molar-refractivity contribution < 1.29 is 29.6 Å². The standard InChI is InChI=1S/C22H32N4O6S/c1-5-13(3)25-17(11-31-15-9-7-6-8-12(15)2)24-26(22(25)33)21-18(23-14(4)28)20(30)19(29)16(10-27)32-21/h6-9,13,16,18-21,27,29-30H,5,10-11H2,1-4H3,(H,23,28)/t13?,16-,18-,19-,20-,21-/m1/s1. The van der Waals surface area contributed by atoms with E-state index in [1.165, 1.54) is 11.6 Å². The Hall–Kier alpha value is -2.31. The number of para-hydroxylation sites is 1. The van der Waals surface area contributed by atoms with Crippen molar-refractivity contribution in [2.45, 2.75) is 77.3 Å². The van der Waals surface area contributed by atoms with Crippen molar-refractivity contribution in [3.8, 4) is 5.75 Å². The lowest BCUT2D eigenvalue weighted by atomic mass is 9.96. The van der Waals surface area contributed by atoms with Crippen molar-refractivity contribution in [3.05, 3.63) is 40.4 Å².